The normalized spacial score (nSPS) is 28.3. The van der Waals surface area contributed by atoms with Gasteiger partial charge in [-0.3, -0.25) is 4.99 Å². The van der Waals surface area contributed by atoms with E-state index in [1.54, 1.807) is 0 Å². The van der Waals surface area contributed by atoms with Crippen LogP contribution in [0.2, 0.25) is 0 Å². The second-order valence-corrected chi connectivity index (χ2v) is 7.02. The predicted molar refractivity (Wildman–Crippen MR) is 77.2 cm³/mol. The molecule has 0 unspecified atom stereocenters. The van der Waals surface area contributed by atoms with Gasteiger partial charge in [0.25, 0.3) is 0 Å². The van der Waals surface area contributed by atoms with E-state index in [-0.39, 0.29) is 0 Å². The molecular formula is C14H24N2OS. The van der Waals surface area contributed by atoms with Gasteiger partial charge >= 0.3 is 0 Å². The molecule has 1 saturated carbocycles. The lowest BCUT2D eigenvalue weighted by Crippen LogP contribution is -2.36. The molecule has 3 nitrogen and oxygen atoms in total. The van der Waals surface area contributed by atoms with Gasteiger partial charge in [-0.25, -0.2) is 0 Å². The van der Waals surface area contributed by atoms with Crippen molar-refractivity contribution in [2.45, 2.75) is 38.5 Å². The van der Waals surface area contributed by atoms with Gasteiger partial charge in [-0.05, 0) is 37.0 Å². The van der Waals surface area contributed by atoms with E-state index in [9.17, 15) is 0 Å². The largest absolute Gasteiger partial charge is 0.381 e. The number of nitrogens with zero attached hydrogens (tertiary/aromatic N) is 1. The van der Waals surface area contributed by atoms with Crippen LogP contribution in [-0.2, 0) is 4.74 Å². The summed E-state index contributed by atoms with van der Waals surface area (Å²) in [6.45, 7) is 4.03. The number of nitrogens with one attached hydrogen (secondary N) is 1. The number of hydrogen-bond acceptors (Lipinski definition) is 4. The predicted octanol–water partition coefficient (Wildman–Crippen LogP) is 2.67. The molecule has 2 aliphatic heterocycles. The first-order valence-corrected chi connectivity index (χ1v) is 8.34. The zero-order valence-electron chi connectivity index (χ0n) is 11.1. The van der Waals surface area contributed by atoms with Gasteiger partial charge in [-0.15, -0.1) is 0 Å². The van der Waals surface area contributed by atoms with Gasteiger partial charge in [0.15, 0.2) is 5.17 Å². The standard InChI is InChI=1S/C14H24N2OS/c1-2-6-14(5-1)10-16-13(18-11-14)15-9-12-3-7-17-8-4-12/h12H,1-11H2,(H,15,16). The Balaban J connectivity index is 1.45. The Hall–Kier alpha value is -0.220. The fourth-order valence-corrected chi connectivity index (χ4v) is 4.43. The quantitative estimate of drug-likeness (QED) is 0.836. The molecule has 0 aromatic rings. The second-order valence-electron chi connectivity index (χ2n) is 6.05. The third-order valence-corrected chi connectivity index (χ3v) is 5.92. The molecule has 1 saturated heterocycles. The minimum atomic E-state index is 0.564. The molecule has 2 heterocycles. The van der Waals surface area contributed by atoms with Crippen LogP contribution < -0.4 is 5.32 Å². The van der Waals surface area contributed by atoms with Crippen LogP contribution >= 0.6 is 11.8 Å². The Bertz CT molecular complexity index is 307. The minimum Gasteiger partial charge on any atom is -0.381 e. The highest BCUT2D eigenvalue weighted by molar-refractivity contribution is 8.13. The summed E-state index contributed by atoms with van der Waals surface area (Å²) >= 11 is 1.96. The van der Waals surface area contributed by atoms with Crippen LogP contribution in [0.5, 0.6) is 0 Å². The first-order valence-electron chi connectivity index (χ1n) is 7.35. The molecule has 1 aliphatic carbocycles. The zero-order chi connectivity index (χ0) is 12.3. The van der Waals surface area contributed by atoms with E-state index in [1.807, 2.05) is 11.8 Å². The van der Waals surface area contributed by atoms with Gasteiger partial charge in [0.05, 0.1) is 0 Å². The van der Waals surface area contributed by atoms with Crippen LogP contribution in [0.25, 0.3) is 0 Å². The van der Waals surface area contributed by atoms with Crippen molar-refractivity contribution < 1.29 is 4.74 Å². The summed E-state index contributed by atoms with van der Waals surface area (Å²) in [5, 5.41) is 4.75. The van der Waals surface area contributed by atoms with E-state index in [1.165, 1.54) is 49.4 Å². The Morgan fingerprint density at radius 3 is 2.72 bits per heavy atom. The summed E-state index contributed by atoms with van der Waals surface area (Å²) in [6, 6.07) is 0. The Morgan fingerprint density at radius 2 is 2.06 bits per heavy atom. The van der Waals surface area contributed by atoms with Crippen LogP contribution in [-0.4, -0.2) is 37.2 Å². The Kier molecular flexibility index (Phi) is 4.14. The summed E-state index contributed by atoms with van der Waals surface area (Å²) in [5.74, 6) is 2.07. The molecule has 2 fully saturated rings. The van der Waals surface area contributed by atoms with Crippen molar-refractivity contribution in [1.29, 1.82) is 0 Å². The minimum absolute atomic E-state index is 0.564. The van der Waals surface area contributed by atoms with Crippen LogP contribution in [0.1, 0.15) is 38.5 Å². The topological polar surface area (TPSA) is 33.6 Å². The lowest BCUT2D eigenvalue weighted by Gasteiger charge is -2.31. The molecule has 3 rings (SSSR count). The maximum absolute atomic E-state index is 5.39. The molecule has 18 heavy (non-hydrogen) atoms. The molecule has 3 aliphatic rings. The average Bonchev–Trinajstić information content (AvgIpc) is 2.88. The number of aliphatic imine (C=N–C) groups is 1. The first kappa shape index (κ1) is 12.8. The fourth-order valence-electron chi connectivity index (χ4n) is 3.27. The molecular weight excluding hydrogens is 244 g/mol. The van der Waals surface area contributed by atoms with Crippen molar-refractivity contribution >= 4 is 16.9 Å². The molecule has 0 bridgehead atoms. The zero-order valence-corrected chi connectivity index (χ0v) is 11.9. The van der Waals surface area contributed by atoms with Crippen LogP contribution in [0.4, 0.5) is 0 Å². The highest BCUT2D eigenvalue weighted by Gasteiger charge is 2.36. The number of ether oxygens (including phenoxy) is 1. The van der Waals surface area contributed by atoms with Crippen molar-refractivity contribution in [2.24, 2.45) is 16.3 Å². The van der Waals surface area contributed by atoms with Crippen molar-refractivity contribution in [3.8, 4) is 0 Å². The van der Waals surface area contributed by atoms with E-state index in [0.29, 0.717) is 5.41 Å². The lowest BCUT2D eigenvalue weighted by molar-refractivity contribution is 0.0676. The molecule has 0 aromatic carbocycles. The van der Waals surface area contributed by atoms with Crippen molar-refractivity contribution in [2.75, 3.05) is 32.1 Å². The number of hydrogen-bond donors (Lipinski definition) is 1. The summed E-state index contributed by atoms with van der Waals surface area (Å²) in [5.41, 5.74) is 0.564. The maximum atomic E-state index is 5.39. The lowest BCUT2D eigenvalue weighted by atomic mass is 9.89. The van der Waals surface area contributed by atoms with Gasteiger partial charge < -0.3 is 10.1 Å². The van der Waals surface area contributed by atoms with E-state index in [0.717, 1.165) is 32.2 Å². The number of rotatable bonds is 2. The van der Waals surface area contributed by atoms with Crippen LogP contribution in [0.15, 0.2) is 4.99 Å². The third-order valence-electron chi connectivity index (χ3n) is 4.62. The van der Waals surface area contributed by atoms with Crippen molar-refractivity contribution in [3.05, 3.63) is 0 Å². The van der Waals surface area contributed by atoms with E-state index in [4.69, 9.17) is 9.73 Å². The van der Waals surface area contributed by atoms with Crippen LogP contribution in [0, 0.1) is 11.3 Å². The van der Waals surface area contributed by atoms with Crippen LogP contribution in [0.3, 0.4) is 0 Å². The maximum Gasteiger partial charge on any atom is 0.156 e. The molecule has 1 spiro atoms. The van der Waals surface area contributed by atoms with E-state index in [2.05, 4.69) is 5.32 Å². The molecule has 102 valence electrons. The molecule has 4 heteroatoms. The fraction of sp³-hybridized carbons (Fsp3) is 0.929. The molecule has 0 atom stereocenters. The Labute approximate surface area is 114 Å². The summed E-state index contributed by atoms with van der Waals surface area (Å²) < 4.78 is 5.39. The van der Waals surface area contributed by atoms with Crippen molar-refractivity contribution in [3.63, 3.8) is 0 Å². The average molecular weight is 268 g/mol. The first-order chi connectivity index (χ1) is 8.86. The van der Waals surface area contributed by atoms with Gasteiger partial charge in [0.2, 0.25) is 0 Å². The molecule has 0 radical (unpaired) electrons. The van der Waals surface area contributed by atoms with E-state index < -0.39 is 0 Å². The smallest absolute Gasteiger partial charge is 0.156 e. The Morgan fingerprint density at radius 1 is 1.28 bits per heavy atom. The second kappa shape index (κ2) is 5.83. The third kappa shape index (κ3) is 3.02. The van der Waals surface area contributed by atoms with Gasteiger partial charge in [0.1, 0.15) is 0 Å². The monoisotopic (exact) mass is 268 g/mol. The summed E-state index contributed by atoms with van der Waals surface area (Å²) in [6.07, 6.45) is 8.04. The molecule has 0 amide bonds. The van der Waals surface area contributed by atoms with Crippen molar-refractivity contribution in [1.82, 2.24) is 5.32 Å². The molecule has 1 N–H and O–H groups in total. The van der Waals surface area contributed by atoms with E-state index >= 15 is 0 Å². The summed E-state index contributed by atoms with van der Waals surface area (Å²) in [7, 11) is 0. The van der Waals surface area contributed by atoms with Gasteiger partial charge in [-0.1, -0.05) is 24.6 Å². The highest BCUT2D eigenvalue weighted by Crippen LogP contribution is 2.43. The van der Waals surface area contributed by atoms with Gasteiger partial charge in [-0.2, -0.15) is 0 Å². The summed E-state index contributed by atoms with van der Waals surface area (Å²) in [4.78, 5) is 4.79. The SMILES string of the molecule is C1CCC2(C1)CN=C(NCC1CCOCC1)SC2. The molecule has 0 aromatic heterocycles. The number of thioether (sulfide) groups is 1. The van der Waals surface area contributed by atoms with Gasteiger partial charge in [0, 0.05) is 32.1 Å². The number of amidine groups is 1. The highest BCUT2D eigenvalue weighted by atomic mass is 32.2.